The maximum Gasteiger partial charge on any atom is 2.00 e. The largest absolute Gasteiger partial charge is 2.00 e. The number of allylic oxidation sites excluding steroid dienone is 1. The zero-order valence-electron chi connectivity index (χ0n) is 8.96. The molecule has 0 amide bonds. The van der Waals surface area contributed by atoms with Gasteiger partial charge in [0.1, 0.15) is 0 Å². The van der Waals surface area contributed by atoms with Crippen molar-refractivity contribution in [2.24, 2.45) is 0 Å². The van der Waals surface area contributed by atoms with E-state index in [9.17, 15) is 9.90 Å². The van der Waals surface area contributed by atoms with E-state index in [0.29, 0.717) is 0 Å². The van der Waals surface area contributed by atoms with Crippen LogP contribution in [0.2, 0.25) is 0 Å². The van der Waals surface area contributed by atoms with E-state index in [4.69, 9.17) is 0 Å². The Morgan fingerprint density at radius 1 is 1.07 bits per heavy atom. The summed E-state index contributed by atoms with van der Waals surface area (Å²) in [6.07, 6.45) is 9.83. The number of carbonyl (C=O) groups excluding carboxylic acids is 1. The molecule has 3 heteroatoms. The Morgan fingerprint density at radius 2 is 1.57 bits per heavy atom. The van der Waals surface area contributed by atoms with Crippen LogP contribution < -0.4 is 5.11 Å². The van der Waals surface area contributed by atoms with Crippen LogP contribution in [0.5, 0.6) is 0 Å². The number of rotatable bonds is 9. The summed E-state index contributed by atoms with van der Waals surface area (Å²) in [5.41, 5.74) is 0. The molecule has 2 nitrogen and oxygen atoms in total. The summed E-state index contributed by atoms with van der Waals surface area (Å²) in [4.78, 5) is 10.1. The molecule has 0 aromatic rings. The van der Waals surface area contributed by atoms with Crippen LogP contribution in [-0.2, 0) is 24.3 Å². The van der Waals surface area contributed by atoms with E-state index in [1.54, 1.807) is 0 Å². The monoisotopic (exact) mass is 247 g/mol. The molecule has 0 aromatic heterocycles. The third kappa shape index (κ3) is 14.4. The van der Waals surface area contributed by atoms with Crippen LogP contribution in [0.3, 0.4) is 0 Å². The standard InChI is InChI=1S/C11H20O2.Zn/c1-2-3-4-5-6-7-8-9-10-11(12)13;/h2H,1,3-10H2,(H,12,13);/q;+2/p-1. The average molecular weight is 249 g/mol. The van der Waals surface area contributed by atoms with Gasteiger partial charge in [-0.25, -0.2) is 0 Å². The Hall–Kier alpha value is -0.167. The molecule has 0 bridgehead atoms. The van der Waals surface area contributed by atoms with Gasteiger partial charge in [0.15, 0.2) is 0 Å². The summed E-state index contributed by atoms with van der Waals surface area (Å²) in [6.45, 7) is 3.66. The fraction of sp³-hybridized carbons (Fsp3) is 0.727. The fourth-order valence-corrected chi connectivity index (χ4v) is 1.27. The minimum atomic E-state index is -0.924. The van der Waals surface area contributed by atoms with E-state index < -0.39 is 5.97 Å². The van der Waals surface area contributed by atoms with Crippen molar-refractivity contribution in [2.45, 2.75) is 51.4 Å². The Kier molecular flexibility index (Phi) is 14.9. The predicted octanol–water partition coefficient (Wildman–Crippen LogP) is 2.04. The van der Waals surface area contributed by atoms with Crippen LogP contribution in [0.1, 0.15) is 51.4 Å². The normalized spacial score (nSPS) is 9.14. The molecule has 0 radical (unpaired) electrons. The molecular weight excluding hydrogens is 230 g/mol. The van der Waals surface area contributed by atoms with Gasteiger partial charge < -0.3 is 9.90 Å². The molecular formula is C11H19O2Zn+. The van der Waals surface area contributed by atoms with Crippen LogP contribution in [0.15, 0.2) is 12.7 Å². The van der Waals surface area contributed by atoms with Crippen molar-refractivity contribution in [3.8, 4) is 0 Å². The Balaban J connectivity index is 0. The molecule has 0 aliphatic rings. The van der Waals surface area contributed by atoms with Crippen molar-refractivity contribution >= 4 is 5.97 Å². The maximum atomic E-state index is 10.1. The Labute approximate surface area is 99.5 Å². The summed E-state index contributed by atoms with van der Waals surface area (Å²) in [5.74, 6) is -0.924. The first kappa shape index (κ1) is 16.3. The number of aliphatic carboxylic acids is 1. The van der Waals surface area contributed by atoms with Crippen molar-refractivity contribution in [2.75, 3.05) is 0 Å². The van der Waals surface area contributed by atoms with Gasteiger partial charge in [-0.3, -0.25) is 0 Å². The number of carbonyl (C=O) groups is 1. The second-order valence-corrected chi connectivity index (χ2v) is 3.32. The molecule has 0 spiro atoms. The maximum absolute atomic E-state index is 10.1. The van der Waals surface area contributed by atoms with E-state index in [2.05, 4.69) is 6.58 Å². The van der Waals surface area contributed by atoms with Crippen molar-refractivity contribution in [3.05, 3.63) is 12.7 Å². The van der Waals surface area contributed by atoms with Gasteiger partial charge in [0, 0.05) is 5.97 Å². The summed E-state index contributed by atoms with van der Waals surface area (Å²) in [7, 11) is 0. The molecule has 76 valence electrons. The summed E-state index contributed by atoms with van der Waals surface area (Å²) in [6, 6.07) is 0. The number of carboxylic acid groups (broad SMARTS) is 1. The zero-order chi connectivity index (χ0) is 9.94. The number of hydrogen-bond donors (Lipinski definition) is 0. The van der Waals surface area contributed by atoms with Crippen molar-refractivity contribution < 1.29 is 29.4 Å². The van der Waals surface area contributed by atoms with Crippen LogP contribution in [0.4, 0.5) is 0 Å². The molecule has 0 heterocycles. The fourth-order valence-electron chi connectivity index (χ4n) is 1.27. The molecule has 0 aliphatic carbocycles. The van der Waals surface area contributed by atoms with Crippen LogP contribution in [0, 0.1) is 0 Å². The quantitative estimate of drug-likeness (QED) is 0.356. The molecule has 14 heavy (non-hydrogen) atoms. The van der Waals surface area contributed by atoms with Crippen molar-refractivity contribution in [3.63, 3.8) is 0 Å². The van der Waals surface area contributed by atoms with E-state index in [1.165, 1.54) is 19.3 Å². The van der Waals surface area contributed by atoms with Gasteiger partial charge >= 0.3 is 19.5 Å². The summed E-state index contributed by atoms with van der Waals surface area (Å²) in [5, 5.41) is 10.1. The van der Waals surface area contributed by atoms with Gasteiger partial charge in [-0.15, -0.1) is 6.58 Å². The van der Waals surface area contributed by atoms with E-state index in [0.717, 1.165) is 25.7 Å². The molecule has 0 fully saturated rings. The topological polar surface area (TPSA) is 40.1 Å². The molecule has 0 saturated heterocycles. The van der Waals surface area contributed by atoms with Crippen LogP contribution in [-0.4, -0.2) is 5.97 Å². The SMILES string of the molecule is C=CCCCCCCCCC(=O)[O-].[Zn+2]. The molecule has 0 atom stereocenters. The van der Waals surface area contributed by atoms with E-state index in [1.807, 2.05) is 6.08 Å². The van der Waals surface area contributed by atoms with Gasteiger partial charge in [0.05, 0.1) is 0 Å². The Bertz CT molecular complexity index is 146. The third-order valence-corrected chi connectivity index (χ3v) is 2.04. The number of unbranched alkanes of at least 4 members (excludes halogenated alkanes) is 6. The molecule has 0 aliphatic heterocycles. The first-order valence-corrected chi connectivity index (χ1v) is 5.08. The van der Waals surface area contributed by atoms with E-state index >= 15 is 0 Å². The average Bonchev–Trinajstić information content (AvgIpc) is 2.09. The predicted molar refractivity (Wildman–Crippen MR) is 52.1 cm³/mol. The molecule has 0 N–H and O–H groups in total. The number of hydrogen-bond acceptors (Lipinski definition) is 2. The molecule has 0 unspecified atom stereocenters. The van der Waals surface area contributed by atoms with Gasteiger partial charge in [-0.1, -0.05) is 31.8 Å². The van der Waals surface area contributed by atoms with Crippen LogP contribution >= 0.6 is 0 Å². The minimum absolute atomic E-state index is 0. The van der Waals surface area contributed by atoms with E-state index in [-0.39, 0.29) is 25.9 Å². The summed E-state index contributed by atoms with van der Waals surface area (Å²) >= 11 is 0. The second kappa shape index (κ2) is 12.8. The second-order valence-electron chi connectivity index (χ2n) is 3.32. The minimum Gasteiger partial charge on any atom is -0.550 e. The van der Waals surface area contributed by atoms with Gasteiger partial charge in [-0.05, 0) is 25.7 Å². The number of carboxylic acids is 1. The smallest absolute Gasteiger partial charge is 0.550 e. The van der Waals surface area contributed by atoms with Gasteiger partial charge in [0.25, 0.3) is 0 Å². The van der Waals surface area contributed by atoms with Crippen LogP contribution in [0.25, 0.3) is 0 Å². The third-order valence-electron chi connectivity index (χ3n) is 2.04. The zero-order valence-corrected chi connectivity index (χ0v) is 11.9. The molecule has 0 saturated carbocycles. The Morgan fingerprint density at radius 3 is 2.07 bits per heavy atom. The van der Waals surface area contributed by atoms with Gasteiger partial charge in [-0.2, -0.15) is 0 Å². The van der Waals surface area contributed by atoms with Crippen molar-refractivity contribution in [1.82, 2.24) is 0 Å². The first-order valence-electron chi connectivity index (χ1n) is 5.08. The first-order chi connectivity index (χ1) is 6.27. The van der Waals surface area contributed by atoms with Gasteiger partial charge in [0.2, 0.25) is 0 Å². The van der Waals surface area contributed by atoms with Crippen molar-refractivity contribution in [1.29, 1.82) is 0 Å². The molecule has 0 rings (SSSR count). The summed E-state index contributed by atoms with van der Waals surface area (Å²) < 4.78 is 0. The molecule has 0 aromatic carbocycles.